The Hall–Kier alpha value is -1.27. The molecule has 0 heterocycles. The van der Waals surface area contributed by atoms with Crippen molar-refractivity contribution in [2.75, 3.05) is 15.8 Å². The van der Waals surface area contributed by atoms with Gasteiger partial charge in [0, 0.05) is 23.5 Å². The Kier molecular flexibility index (Phi) is 4.31. The van der Waals surface area contributed by atoms with Crippen LogP contribution in [0.5, 0.6) is 0 Å². The molecule has 6 heteroatoms. The van der Waals surface area contributed by atoms with Crippen LogP contribution in [0.25, 0.3) is 0 Å². The van der Waals surface area contributed by atoms with Gasteiger partial charge in [-0.15, -0.1) is 0 Å². The van der Waals surface area contributed by atoms with Crippen LogP contribution in [0.4, 0.5) is 11.4 Å². The fourth-order valence-electron chi connectivity index (χ4n) is 2.27. The molecule has 1 aromatic rings. The number of benzene rings is 1. The summed E-state index contributed by atoms with van der Waals surface area (Å²) < 4.78 is 25.4. The SMILES string of the molecule is CCS(=O)(=O)Nc1ccc(NC2CCC(N)C2)cc1. The lowest BCUT2D eigenvalue weighted by molar-refractivity contribution is 0.602. The van der Waals surface area contributed by atoms with E-state index in [4.69, 9.17) is 5.73 Å². The molecule has 1 fully saturated rings. The normalized spacial score (nSPS) is 23.3. The third-order valence-corrected chi connectivity index (χ3v) is 4.69. The number of nitrogens with one attached hydrogen (secondary N) is 2. The topological polar surface area (TPSA) is 84.2 Å². The van der Waals surface area contributed by atoms with Crippen LogP contribution in [0.2, 0.25) is 0 Å². The third kappa shape index (κ3) is 4.11. The van der Waals surface area contributed by atoms with Gasteiger partial charge in [0.1, 0.15) is 0 Å². The fourth-order valence-corrected chi connectivity index (χ4v) is 2.91. The largest absolute Gasteiger partial charge is 0.382 e. The van der Waals surface area contributed by atoms with Gasteiger partial charge in [-0.3, -0.25) is 4.72 Å². The zero-order chi connectivity index (χ0) is 13.9. The Labute approximate surface area is 114 Å². The highest BCUT2D eigenvalue weighted by atomic mass is 32.2. The number of hydrogen-bond donors (Lipinski definition) is 3. The Bertz CT molecular complexity index is 513. The second-order valence-corrected chi connectivity index (χ2v) is 7.01. The van der Waals surface area contributed by atoms with Crippen LogP contribution in [-0.2, 0) is 10.0 Å². The summed E-state index contributed by atoms with van der Waals surface area (Å²) in [7, 11) is -3.20. The number of hydrogen-bond acceptors (Lipinski definition) is 4. The quantitative estimate of drug-likeness (QED) is 0.768. The molecule has 0 amide bonds. The van der Waals surface area contributed by atoms with Crippen molar-refractivity contribution in [1.82, 2.24) is 0 Å². The molecule has 0 radical (unpaired) electrons. The van der Waals surface area contributed by atoms with Gasteiger partial charge in [-0.25, -0.2) is 8.42 Å². The van der Waals surface area contributed by atoms with Crippen LogP contribution < -0.4 is 15.8 Å². The molecule has 2 atom stereocenters. The summed E-state index contributed by atoms with van der Waals surface area (Å²) in [5.41, 5.74) is 7.46. The van der Waals surface area contributed by atoms with E-state index in [0.717, 1.165) is 24.9 Å². The Morgan fingerprint density at radius 2 is 1.84 bits per heavy atom. The standard InChI is InChI=1S/C13H21N3O2S/c1-2-19(17,18)16-12-7-5-11(6-8-12)15-13-4-3-10(14)9-13/h5-8,10,13,15-16H,2-4,9,14H2,1H3. The van der Waals surface area contributed by atoms with Crippen LogP contribution in [0, 0.1) is 0 Å². The van der Waals surface area contributed by atoms with E-state index in [1.165, 1.54) is 0 Å². The summed E-state index contributed by atoms with van der Waals surface area (Å²) in [5, 5.41) is 3.42. The molecule has 0 bridgehead atoms. The molecule has 1 aliphatic carbocycles. The summed E-state index contributed by atoms with van der Waals surface area (Å²) in [6.07, 6.45) is 3.14. The second kappa shape index (κ2) is 5.79. The zero-order valence-electron chi connectivity index (χ0n) is 11.1. The third-order valence-electron chi connectivity index (χ3n) is 3.38. The number of anilines is 2. The molecule has 0 spiro atoms. The van der Waals surface area contributed by atoms with Gasteiger partial charge >= 0.3 is 0 Å². The number of nitrogens with two attached hydrogens (primary N) is 1. The van der Waals surface area contributed by atoms with Gasteiger partial charge in [0.25, 0.3) is 0 Å². The van der Waals surface area contributed by atoms with Gasteiger partial charge in [0.2, 0.25) is 10.0 Å². The first kappa shape index (κ1) is 14.1. The summed E-state index contributed by atoms with van der Waals surface area (Å²) in [5.74, 6) is 0.0764. The van der Waals surface area contributed by atoms with Gasteiger partial charge in [0.05, 0.1) is 5.75 Å². The molecule has 1 aliphatic rings. The number of rotatable bonds is 5. The highest BCUT2D eigenvalue weighted by molar-refractivity contribution is 7.92. The Morgan fingerprint density at radius 3 is 2.37 bits per heavy atom. The van der Waals surface area contributed by atoms with Gasteiger partial charge in [-0.05, 0) is 50.5 Å². The van der Waals surface area contributed by atoms with Crippen LogP contribution in [0.15, 0.2) is 24.3 Å². The van der Waals surface area contributed by atoms with Gasteiger partial charge in [-0.1, -0.05) is 0 Å². The first-order chi connectivity index (χ1) is 8.98. The zero-order valence-corrected chi connectivity index (χ0v) is 11.9. The molecule has 106 valence electrons. The molecular weight excluding hydrogens is 262 g/mol. The number of sulfonamides is 1. The molecule has 0 aliphatic heterocycles. The van der Waals surface area contributed by atoms with Gasteiger partial charge in [-0.2, -0.15) is 0 Å². The van der Waals surface area contributed by atoms with Crippen molar-refractivity contribution >= 4 is 21.4 Å². The molecule has 2 rings (SSSR count). The summed E-state index contributed by atoms with van der Waals surface area (Å²) >= 11 is 0. The highest BCUT2D eigenvalue weighted by Crippen LogP contribution is 2.22. The van der Waals surface area contributed by atoms with E-state index in [2.05, 4.69) is 10.0 Å². The van der Waals surface area contributed by atoms with E-state index < -0.39 is 10.0 Å². The maximum absolute atomic E-state index is 11.4. The lowest BCUT2D eigenvalue weighted by Gasteiger charge is -2.14. The molecule has 0 saturated heterocycles. The van der Waals surface area contributed by atoms with E-state index in [1.54, 1.807) is 19.1 Å². The predicted molar refractivity (Wildman–Crippen MR) is 78.8 cm³/mol. The molecule has 5 nitrogen and oxygen atoms in total. The molecule has 2 unspecified atom stereocenters. The lowest BCUT2D eigenvalue weighted by Crippen LogP contribution is -2.20. The maximum atomic E-state index is 11.4. The maximum Gasteiger partial charge on any atom is 0.232 e. The minimum Gasteiger partial charge on any atom is -0.382 e. The van der Waals surface area contributed by atoms with E-state index in [9.17, 15) is 8.42 Å². The smallest absolute Gasteiger partial charge is 0.232 e. The summed E-state index contributed by atoms with van der Waals surface area (Å²) in [6.45, 7) is 1.61. The van der Waals surface area contributed by atoms with Crippen molar-refractivity contribution in [3.05, 3.63) is 24.3 Å². The minimum atomic E-state index is -3.20. The average Bonchev–Trinajstić information content (AvgIpc) is 2.77. The first-order valence-corrected chi connectivity index (χ1v) is 8.26. The van der Waals surface area contributed by atoms with E-state index in [1.807, 2.05) is 12.1 Å². The van der Waals surface area contributed by atoms with E-state index in [0.29, 0.717) is 17.8 Å². The van der Waals surface area contributed by atoms with Crippen molar-refractivity contribution < 1.29 is 8.42 Å². The first-order valence-electron chi connectivity index (χ1n) is 6.61. The van der Waals surface area contributed by atoms with Crippen LogP contribution in [0.1, 0.15) is 26.2 Å². The second-order valence-electron chi connectivity index (χ2n) is 5.00. The molecule has 0 aromatic heterocycles. The van der Waals surface area contributed by atoms with Gasteiger partial charge < -0.3 is 11.1 Å². The molecule has 1 saturated carbocycles. The van der Waals surface area contributed by atoms with Gasteiger partial charge in [0.15, 0.2) is 0 Å². The summed E-state index contributed by atoms with van der Waals surface area (Å²) in [4.78, 5) is 0. The minimum absolute atomic E-state index is 0.0764. The van der Waals surface area contributed by atoms with Crippen LogP contribution >= 0.6 is 0 Å². The average molecular weight is 283 g/mol. The van der Waals surface area contributed by atoms with Crippen molar-refractivity contribution in [3.63, 3.8) is 0 Å². The summed E-state index contributed by atoms with van der Waals surface area (Å²) in [6, 6.07) is 8.03. The van der Waals surface area contributed by atoms with E-state index >= 15 is 0 Å². The molecule has 4 N–H and O–H groups in total. The van der Waals surface area contributed by atoms with Crippen LogP contribution in [0.3, 0.4) is 0 Å². The van der Waals surface area contributed by atoms with E-state index in [-0.39, 0.29) is 5.75 Å². The van der Waals surface area contributed by atoms with Crippen molar-refractivity contribution in [2.24, 2.45) is 5.73 Å². The molecular formula is C13H21N3O2S. The molecule has 1 aromatic carbocycles. The lowest BCUT2D eigenvalue weighted by atomic mass is 10.2. The predicted octanol–water partition coefficient (Wildman–Crippen LogP) is 1.74. The van der Waals surface area contributed by atoms with Crippen molar-refractivity contribution in [2.45, 2.75) is 38.3 Å². The highest BCUT2D eigenvalue weighted by Gasteiger charge is 2.21. The fraction of sp³-hybridized carbons (Fsp3) is 0.538. The van der Waals surface area contributed by atoms with Crippen molar-refractivity contribution in [1.29, 1.82) is 0 Å². The molecule has 19 heavy (non-hydrogen) atoms. The monoisotopic (exact) mass is 283 g/mol. The Balaban J connectivity index is 1.95. The van der Waals surface area contributed by atoms with Crippen LogP contribution in [-0.4, -0.2) is 26.3 Å². The Morgan fingerprint density at radius 1 is 1.21 bits per heavy atom. The van der Waals surface area contributed by atoms with Crippen molar-refractivity contribution in [3.8, 4) is 0 Å².